The molecule has 0 spiro atoms. The van der Waals surface area contributed by atoms with Gasteiger partial charge in [-0.1, -0.05) is 26.2 Å². The molecule has 0 saturated carbocycles. The molecule has 0 aromatic carbocycles. The Balaban J connectivity index is 1.90. The summed E-state index contributed by atoms with van der Waals surface area (Å²) in [7, 11) is 0. The fourth-order valence-corrected chi connectivity index (χ4v) is 2.83. The molecule has 1 saturated heterocycles. The van der Waals surface area contributed by atoms with Crippen molar-refractivity contribution in [2.45, 2.75) is 58.0 Å². The molecule has 1 fully saturated rings. The van der Waals surface area contributed by atoms with Gasteiger partial charge in [-0.2, -0.15) is 0 Å². The van der Waals surface area contributed by atoms with Crippen LogP contribution < -0.4 is 5.73 Å². The molecule has 0 bridgehead atoms. The van der Waals surface area contributed by atoms with Crippen LogP contribution in [0.1, 0.15) is 57.1 Å². The van der Waals surface area contributed by atoms with Crippen LogP contribution in [-0.4, -0.2) is 28.5 Å². The largest absolute Gasteiger partial charge is 0.345 e. The van der Waals surface area contributed by atoms with E-state index in [1.54, 1.807) is 0 Å². The summed E-state index contributed by atoms with van der Waals surface area (Å²) in [4.78, 5) is 14.3. The summed E-state index contributed by atoms with van der Waals surface area (Å²) >= 11 is 0. The lowest BCUT2D eigenvalue weighted by atomic mass is 10.1. The zero-order valence-corrected chi connectivity index (χ0v) is 12.6. The van der Waals surface area contributed by atoms with Gasteiger partial charge in [0.25, 0.3) is 0 Å². The Hall–Kier alpha value is -1.29. The molecule has 1 aliphatic rings. The molecule has 1 aliphatic heterocycles. The van der Waals surface area contributed by atoms with Gasteiger partial charge in [-0.25, -0.2) is 0 Å². The number of likely N-dealkylation sites (tertiary alicyclic amines) is 1. The first kappa shape index (κ1) is 15.1. The van der Waals surface area contributed by atoms with Crippen LogP contribution in [0.3, 0.4) is 0 Å². The summed E-state index contributed by atoms with van der Waals surface area (Å²) in [6, 6.07) is 2.13. The fourth-order valence-electron chi connectivity index (χ4n) is 2.83. The summed E-state index contributed by atoms with van der Waals surface area (Å²) in [6.45, 7) is 4.42. The Bertz CT molecular complexity index is 419. The lowest BCUT2D eigenvalue weighted by Crippen LogP contribution is -2.34. The summed E-state index contributed by atoms with van der Waals surface area (Å²) < 4.78 is 1.97. The SMILES string of the molecule is CCCC(N)c1ccn(CC(=O)N2CCCCCC2)c1. The van der Waals surface area contributed by atoms with Crippen molar-refractivity contribution in [3.05, 3.63) is 24.0 Å². The average molecular weight is 277 g/mol. The number of hydrogen-bond acceptors (Lipinski definition) is 2. The van der Waals surface area contributed by atoms with E-state index in [-0.39, 0.29) is 11.9 Å². The third kappa shape index (κ3) is 4.10. The Labute approximate surface area is 121 Å². The van der Waals surface area contributed by atoms with Gasteiger partial charge in [0.15, 0.2) is 0 Å². The van der Waals surface area contributed by atoms with Gasteiger partial charge in [-0.15, -0.1) is 0 Å². The van der Waals surface area contributed by atoms with E-state index in [1.807, 2.05) is 27.9 Å². The van der Waals surface area contributed by atoms with E-state index in [0.29, 0.717) is 6.54 Å². The maximum Gasteiger partial charge on any atom is 0.242 e. The van der Waals surface area contributed by atoms with E-state index in [0.717, 1.165) is 44.3 Å². The van der Waals surface area contributed by atoms with Crippen LogP contribution in [0, 0.1) is 0 Å². The number of hydrogen-bond donors (Lipinski definition) is 1. The highest BCUT2D eigenvalue weighted by Gasteiger charge is 2.16. The molecule has 0 radical (unpaired) electrons. The van der Waals surface area contributed by atoms with Gasteiger partial charge in [0.1, 0.15) is 6.54 Å². The van der Waals surface area contributed by atoms with E-state index in [2.05, 4.69) is 6.92 Å². The Morgan fingerprint density at radius 1 is 1.30 bits per heavy atom. The Morgan fingerprint density at radius 3 is 2.65 bits per heavy atom. The van der Waals surface area contributed by atoms with E-state index >= 15 is 0 Å². The third-order valence-corrected chi connectivity index (χ3v) is 4.08. The maximum atomic E-state index is 12.3. The summed E-state index contributed by atoms with van der Waals surface area (Å²) in [5.74, 6) is 0.234. The number of rotatable bonds is 5. The van der Waals surface area contributed by atoms with Crippen LogP contribution >= 0.6 is 0 Å². The van der Waals surface area contributed by atoms with Gasteiger partial charge in [0.2, 0.25) is 5.91 Å². The average Bonchev–Trinajstić information content (AvgIpc) is 2.73. The standard InChI is InChI=1S/C16H27N3O/c1-2-7-15(17)14-8-11-18(12-14)13-16(20)19-9-5-3-4-6-10-19/h8,11-12,15H,2-7,9-10,13,17H2,1H3. The summed E-state index contributed by atoms with van der Waals surface area (Å²) in [5, 5.41) is 0. The minimum atomic E-state index is 0.0922. The molecule has 1 aromatic rings. The zero-order chi connectivity index (χ0) is 14.4. The van der Waals surface area contributed by atoms with Crippen molar-refractivity contribution in [3.63, 3.8) is 0 Å². The molecule has 2 heterocycles. The van der Waals surface area contributed by atoms with Gasteiger partial charge in [0.05, 0.1) is 0 Å². The second-order valence-electron chi connectivity index (χ2n) is 5.81. The second-order valence-corrected chi connectivity index (χ2v) is 5.81. The van der Waals surface area contributed by atoms with E-state index in [1.165, 1.54) is 12.8 Å². The predicted octanol–water partition coefficient (Wildman–Crippen LogP) is 2.69. The van der Waals surface area contributed by atoms with Gasteiger partial charge in [-0.05, 0) is 30.9 Å². The predicted molar refractivity (Wildman–Crippen MR) is 81.3 cm³/mol. The topological polar surface area (TPSA) is 51.3 Å². The van der Waals surface area contributed by atoms with Crippen molar-refractivity contribution in [1.82, 2.24) is 9.47 Å². The molecule has 1 atom stereocenters. The molecular weight excluding hydrogens is 250 g/mol. The normalized spacial score (nSPS) is 17.8. The lowest BCUT2D eigenvalue weighted by Gasteiger charge is -2.20. The van der Waals surface area contributed by atoms with Gasteiger partial charge < -0.3 is 15.2 Å². The monoisotopic (exact) mass is 277 g/mol. The molecule has 2 N–H and O–H groups in total. The quantitative estimate of drug-likeness (QED) is 0.899. The molecule has 1 amide bonds. The Kier molecular flexibility index (Phi) is 5.65. The van der Waals surface area contributed by atoms with Crippen LogP contribution in [0.5, 0.6) is 0 Å². The minimum absolute atomic E-state index is 0.0922. The van der Waals surface area contributed by atoms with Crippen molar-refractivity contribution in [2.75, 3.05) is 13.1 Å². The highest BCUT2D eigenvalue weighted by molar-refractivity contribution is 5.76. The fraction of sp³-hybridized carbons (Fsp3) is 0.688. The number of amides is 1. The number of nitrogens with two attached hydrogens (primary N) is 1. The number of aromatic nitrogens is 1. The number of carbonyl (C=O) groups is 1. The van der Waals surface area contributed by atoms with Gasteiger partial charge in [-0.3, -0.25) is 4.79 Å². The summed E-state index contributed by atoms with van der Waals surface area (Å²) in [6.07, 6.45) is 10.9. The minimum Gasteiger partial charge on any atom is -0.345 e. The van der Waals surface area contributed by atoms with Crippen molar-refractivity contribution in [1.29, 1.82) is 0 Å². The molecule has 4 heteroatoms. The highest BCUT2D eigenvalue weighted by atomic mass is 16.2. The first-order chi connectivity index (χ1) is 9.70. The molecule has 0 aliphatic carbocycles. The Morgan fingerprint density at radius 2 is 2.00 bits per heavy atom. The van der Waals surface area contributed by atoms with Crippen LogP contribution in [0.4, 0.5) is 0 Å². The molecule has 1 unspecified atom stereocenters. The van der Waals surface area contributed by atoms with E-state index < -0.39 is 0 Å². The van der Waals surface area contributed by atoms with Crippen molar-refractivity contribution in [2.24, 2.45) is 5.73 Å². The molecule has 112 valence electrons. The van der Waals surface area contributed by atoms with Crippen LogP contribution in [0.15, 0.2) is 18.5 Å². The third-order valence-electron chi connectivity index (χ3n) is 4.08. The van der Waals surface area contributed by atoms with E-state index in [9.17, 15) is 4.79 Å². The van der Waals surface area contributed by atoms with Crippen molar-refractivity contribution in [3.8, 4) is 0 Å². The molecule has 4 nitrogen and oxygen atoms in total. The number of carbonyl (C=O) groups excluding carboxylic acids is 1. The molecule has 20 heavy (non-hydrogen) atoms. The van der Waals surface area contributed by atoms with Crippen LogP contribution in [0.2, 0.25) is 0 Å². The smallest absolute Gasteiger partial charge is 0.242 e. The summed E-state index contributed by atoms with van der Waals surface area (Å²) in [5.41, 5.74) is 7.24. The second kappa shape index (κ2) is 7.48. The zero-order valence-electron chi connectivity index (χ0n) is 12.6. The van der Waals surface area contributed by atoms with Crippen molar-refractivity contribution < 1.29 is 4.79 Å². The number of nitrogens with zero attached hydrogens (tertiary/aromatic N) is 2. The van der Waals surface area contributed by atoms with Crippen LogP contribution in [0.25, 0.3) is 0 Å². The van der Waals surface area contributed by atoms with E-state index in [4.69, 9.17) is 5.73 Å². The highest BCUT2D eigenvalue weighted by Crippen LogP contribution is 2.16. The molecular formula is C16H27N3O. The molecule has 2 rings (SSSR count). The lowest BCUT2D eigenvalue weighted by molar-refractivity contribution is -0.131. The van der Waals surface area contributed by atoms with Crippen LogP contribution in [-0.2, 0) is 11.3 Å². The first-order valence-electron chi connectivity index (χ1n) is 7.89. The first-order valence-corrected chi connectivity index (χ1v) is 7.89. The maximum absolute atomic E-state index is 12.3. The van der Waals surface area contributed by atoms with Crippen molar-refractivity contribution >= 4 is 5.91 Å². The van der Waals surface area contributed by atoms with Gasteiger partial charge in [0, 0.05) is 31.5 Å². The molecule has 1 aromatic heterocycles. The van der Waals surface area contributed by atoms with Gasteiger partial charge >= 0.3 is 0 Å².